The van der Waals surface area contributed by atoms with Gasteiger partial charge < -0.3 is 20.4 Å². The maximum Gasteiger partial charge on any atom is 0.194 e. The molecule has 0 atom stereocenters. The van der Waals surface area contributed by atoms with Crippen LogP contribution >= 0.6 is 0 Å². The van der Waals surface area contributed by atoms with Crippen LogP contribution in [0.2, 0.25) is 0 Å². The molecule has 0 unspecified atom stereocenters. The number of carbonyl (C=O) groups excluding carboxylic acids is 4. The van der Waals surface area contributed by atoms with Crippen molar-refractivity contribution >= 4 is 23.1 Å². The lowest BCUT2D eigenvalue weighted by atomic mass is 9.68. The van der Waals surface area contributed by atoms with E-state index < -0.39 is 27.8 Å². The van der Waals surface area contributed by atoms with Gasteiger partial charge in [-0.15, -0.1) is 0 Å². The molecule has 0 aromatic heterocycles. The van der Waals surface area contributed by atoms with Gasteiger partial charge in [0.1, 0.15) is 22.4 Å². The number of fused-ring (bicyclic) bond motifs is 3. The quantitative estimate of drug-likeness (QED) is 0.0646. The van der Waals surface area contributed by atoms with E-state index in [0.717, 1.165) is 33.4 Å². The highest BCUT2D eigenvalue weighted by Crippen LogP contribution is 2.53. The number of hydrogen-bond donors (Lipinski definition) is 4. The standard InChI is InChI=1S/C51H62O8/c1-9-48(56,10-2)43(52)35-21-17-33(18-22-35)31-47(32-34-19-23-36(24-20-34)44(53)49(57,11-3)12-4)41-29-37(45(54)50(58,13-5)14-6)25-27-39(41)40-28-26-38(30-42(40)47)46(55)51(59,15-7)16-8/h17-30,56-59H,9-16,31-32H2,1-8H3. The molecule has 4 aromatic carbocycles. The third-order valence-electron chi connectivity index (χ3n) is 13.7. The minimum Gasteiger partial charge on any atom is -0.382 e. The Balaban J connectivity index is 1.78. The molecule has 0 heterocycles. The van der Waals surface area contributed by atoms with Crippen LogP contribution < -0.4 is 0 Å². The van der Waals surface area contributed by atoms with Crippen LogP contribution in [0, 0.1) is 0 Å². The summed E-state index contributed by atoms with van der Waals surface area (Å²) in [7, 11) is 0. The summed E-state index contributed by atoms with van der Waals surface area (Å²) < 4.78 is 0. The van der Waals surface area contributed by atoms with Crippen LogP contribution in [0.3, 0.4) is 0 Å². The molecule has 0 spiro atoms. The van der Waals surface area contributed by atoms with Gasteiger partial charge in [0.05, 0.1) is 0 Å². The van der Waals surface area contributed by atoms with E-state index in [9.17, 15) is 39.6 Å². The van der Waals surface area contributed by atoms with Crippen molar-refractivity contribution in [2.24, 2.45) is 0 Å². The summed E-state index contributed by atoms with van der Waals surface area (Å²) >= 11 is 0. The van der Waals surface area contributed by atoms with Gasteiger partial charge in [0.2, 0.25) is 0 Å². The van der Waals surface area contributed by atoms with Gasteiger partial charge in [-0.25, -0.2) is 0 Å². The van der Waals surface area contributed by atoms with Crippen LogP contribution in [-0.2, 0) is 18.3 Å². The molecule has 8 heteroatoms. The highest BCUT2D eigenvalue weighted by atomic mass is 16.3. The van der Waals surface area contributed by atoms with Crippen molar-refractivity contribution in [1.29, 1.82) is 0 Å². The molecule has 0 radical (unpaired) electrons. The van der Waals surface area contributed by atoms with E-state index in [-0.39, 0.29) is 74.5 Å². The van der Waals surface area contributed by atoms with Gasteiger partial charge >= 0.3 is 0 Å². The average molecular weight is 803 g/mol. The van der Waals surface area contributed by atoms with Gasteiger partial charge in [0.25, 0.3) is 0 Å². The van der Waals surface area contributed by atoms with E-state index in [1.807, 2.05) is 48.5 Å². The number of rotatable bonds is 20. The molecular formula is C51H62O8. The molecule has 0 saturated heterocycles. The summed E-state index contributed by atoms with van der Waals surface area (Å²) in [5.74, 6) is -1.46. The predicted molar refractivity (Wildman–Crippen MR) is 232 cm³/mol. The van der Waals surface area contributed by atoms with Crippen molar-refractivity contribution in [3.8, 4) is 11.1 Å². The van der Waals surface area contributed by atoms with Crippen LogP contribution in [-0.4, -0.2) is 66.0 Å². The molecule has 0 aliphatic heterocycles. The number of Topliss-reactive ketones (excluding diaryl/α,β-unsaturated/α-hetero) is 4. The molecule has 0 saturated carbocycles. The Morgan fingerprint density at radius 3 is 0.881 bits per heavy atom. The van der Waals surface area contributed by atoms with E-state index in [1.165, 1.54) is 0 Å². The first kappa shape index (κ1) is 45.5. The zero-order chi connectivity index (χ0) is 43.6. The molecule has 314 valence electrons. The Labute approximate surface area is 349 Å². The summed E-state index contributed by atoms with van der Waals surface area (Å²) in [6, 6.07) is 25.4. The van der Waals surface area contributed by atoms with Crippen molar-refractivity contribution in [3.63, 3.8) is 0 Å². The minimum absolute atomic E-state index is 0.237. The molecule has 1 aliphatic carbocycles. The number of aliphatic hydroxyl groups is 4. The van der Waals surface area contributed by atoms with Gasteiger partial charge in [-0.1, -0.05) is 128 Å². The van der Waals surface area contributed by atoms with E-state index in [0.29, 0.717) is 35.1 Å². The fourth-order valence-electron chi connectivity index (χ4n) is 8.83. The second-order valence-corrected chi connectivity index (χ2v) is 16.6. The summed E-state index contributed by atoms with van der Waals surface area (Å²) in [5, 5.41) is 44.9. The fourth-order valence-corrected chi connectivity index (χ4v) is 8.83. The van der Waals surface area contributed by atoms with Crippen molar-refractivity contribution in [2.45, 2.75) is 147 Å². The molecule has 0 fully saturated rings. The van der Waals surface area contributed by atoms with Gasteiger partial charge in [0.15, 0.2) is 23.1 Å². The van der Waals surface area contributed by atoms with Crippen LogP contribution in [0.15, 0.2) is 84.9 Å². The SMILES string of the molecule is CCC(O)(CC)C(=O)c1ccc(CC2(Cc3ccc(C(=O)C(O)(CC)CC)cc3)c3cc(C(=O)C(O)(CC)CC)ccc3-c3ccc(C(=O)C(O)(CC)CC)cc32)cc1. The van der Waals surface area contributed by atoms with E-state index in [2.05, 4.69) is 0 Å². The minimum atomic E-state index is -1.56. The number of carbonyl (C=O) groups is 4. The lowest BCUT2D eigenvalue weighted by Crippen LogP contribution is -2.38. The maximum atomic E-state index is 14.1. The topological polar surface area (TPSA) is 149 Å². The van der Waals surface area contributed by atoms with Gasteiger partial charge in [-0.3, -0.25) is 19.2 Å². The van der Waals surface area contributed by atoms with Crippen molar-refractivity contribution in [2.75, 3.05) is 0 Å². The third-order valence-corrected chi connectivity index (χ3v) is 13.7. The van der Waals surface area contributed by atoms with Crippen LogP contribution in [0.25, 0.3) is 11.1 Å². The Hall–Kier alpha value is -4.60. The summed E-state index contributed by atoms with van der Waals surface area (Å²) in [6.07, 6.45) is 2.76. The van der Waals surface area contributed by atoms with E-state index in [4.69, 9.17) is 0 Å². The Morgan fingerprint density at radius 2 is 0.627 bits per heavy atom. The van der Waals surface area contributed by atoms with E-state index in [1.54, 1.807) is 91.8 Å². The second-order valence-electron chi connectivity index (χ2n) is 16.6. The average Bonchev–Trinajstić information content (AvgIpc) is 3.54. The third kappa shape index (κ3) is 8.17. The fraction of sp³-hybridized carbons (Fsp3) is 0.451. The zero-order valence-electron chi connectivity index (χ0n) is 36.1. The van der Waals surface area contributed by atoms with Crippen molar-refractivity contribution < 1.29 is 39.6 Å². The monoisotopic (exact) mass is 802 g/mol. The van der Waals surface area contributed by atoms with Gasteiger partial charge in [-0.2, -0.15) is 0 Å². The first-order valence-corrected chi connectivity index (χ1v) is 21.5. The molecule has 0 amide bonds. The lowest BCUT2D eigenvalue weighted by molar-refractivity contribution is 0.0277. The first-order valence-electron chi connectivity index (χ1n) is 21.5. The molecule has 8 nitrogen and oxygen atoms in total. The highest BCUT2D eigenvalue weighted by molar-refractivity contribution is 6.05. The second kappa shape index (κ2) is 17.6. The van der Waals surface area contributed by atoms with Crippen molar-refractivity contribution in [3.05, 3.63) is 129 Å². The zero-order valence-corrected chi connectivity index (χ0v) is 36.1. The molecule has 5 rings (SSSR count). The van der Waals surface area contributed by atoms with E-state index >= 15 is 0 Å². The summed E-state index contributed by atoms with van der Waals surface area (Å²) in [4.78, 5) is 55.1. The molecule has 0 bridgehead atoms. The largest absolute Gasteiger partial charge is 0.382 e. The predicted octanol–water partition coefficient (Wildman–Crippen LogP) is 9.37. The first-order chi connectivity index (χ1) is 27.9. The van der Waals surface area contributed by atoms with Crippen molar-refractivity contribution in [1.82, 2.24) is 0 Å². The van der Waals surface area contributed by atoms with Crippen LogP contribution in [0.4, 0.5) is 0 Å². The molecule has 59 heavy (non-hydrogen) atoms. The Bertz CT molecular complexity index is 2020. The molecule has 4 N–H and O–H groups in total. The number of ketones is 4. The number of hydrogen-bond acceptors (Lipinski definition) is 8. The van der Waals surface area contributed by atoms with Crippen LogP contribution in [0.5, 0.6) is 0 Å². The molecule has 1 aliphatic rings. The van der Waals surface area contributed by atoms with Crippen LogP contribution in [0.1, 0.15) is 170 Å². The Kier molecular flexibility index (Phi) is 13.5. The molecule has 4 aromatic rings. The maximum absolute atomic E-state index is 14.1. The summed E-state index contributed by atoms with van der Waals surface area (Å²) in [6.45, 7) is 14.3. The lowest BCUT2D eigenvalue weighted by Gasteiger charge is -2.34. The normalized spacial score (nSPS) is 13.8. The van der Waals surface area contributed by atoms with Gasteiger partial charge in [-0.05, 0) is 110 Å². The smallest absolute Gasteiger partial charge is 0.194 e. The molecular weight excluding hydrogens is 741 g/mol. The number of benzene rings is 4. The highest BCUT2D eigenvalue weighted by Gasteiger charge is 2.46. The Morgan fingerprint density at radius 1 is 0.390 bits per heavy atom. The summed E-state index contributed by atoms with van der Waals surface area (Å²) in [5.41, 5.74) is -0.478. The van der Waals surface area contributed by atoms with Gasteiger partial charge in [0, 0.05) is 27.7 Å².